The Kier molecular flexibility index (Phi) is 5.74. The summed E-state index contributed by atoms with van der Waals surface area (Å²) in [6.07, 6.45) is 2.47. The number of imide groups is 1. The number of nitrogens with one attached hydrogen (secondary N) is 1. The maximum atomic E-state index is 13.6. The van der Waals surface area contributed by atoms with Crippen molar-refractivity contribution in [3.8, 4) is 11.5 Å². The lowest BCUT2D eigenvalue weighted by Crippen LogP contribution is -2.44. The number of carbonyl (C=O) groups excluding carboxylic acids is 3. The monoisotopic (exact) mass is 499 g/mol. The van der Waals surface area contributed by atoms with Crippen LogP contribution in [0.15, 0.2) is 60.7 Å². The van der Waals surface area contributed by atoms with Gasteiger partial charge in [0.1, 0.15) is 12.1 Å². The largest absolute Gasteiger partial charge is 0.490 e. The van der Waals surface area contributed by atoms with E-state index in [0.717, 1.165) is 40.5 Å². The number of likely N-dealkylation sites (tertiary alicyclic amines) is 1. The molecule has 3 heterocycles. The Morgan fingerprint density at radius 3 is 2.65 bits per heavy atom. The Morgan fingerprint density at radius 1 is 1.00 bits per heavy atom. The predicted octanol–water partition coefficient (Wildman–Crippen LogP) is 4.13. The first-order valence-corrected chi connectivity index (χ1v) is 12.8. The van der Waals surface area contributed by atoms with Gasteiger partial charge in [0.25, 0.3) is 5.91 Å². The van der Waals surface area contributed by atoms with Crippen molar-refractivity contribution in [3.05, 3.63) is 71.8 Å². The number of rotatable bonds is 4. The molecule has 3 aromatic rings. The summed E-state index contributed by atoms with van der Waals surface area (Å²) in [7, 11) is 0. The fourth-order valence-electron chi connectivity index (χ4n) is 5.71. The van der Waals surface area contributed by atoms with E-state index in [-0.39, 0.29) is 18.5 Å². The molecule has 3 aliphatic rings. The van der Waals surface area contributed by atoms with Crippen molar-refractivity contribution < 1.29 is 23.9 Å². The summed E-state index contributed by atoms with van der Waals surface area (Å²) in [5, 5.41) is 4.73. The molecule has 0 aromatic heterocycles. The third-order valence-electron chi connectivity index (χ3n) is 7.63. The van der Waals surface area contributed by atoms with E-state index in [2.05, 4.69) is 5.32 Å². The van der Waals surface area contributed by atoms with Gasteiger partial charge in [-0.05, 0) is 53.8 Å². The van der Waals surface area contributed by atoms with Gasteiger partial charge in [0.2, 0.25) is 5.91 Å². The van der Waals surface area contributed by atoms with Crippen LogP contribution in [-0.4, -0.2) is 53.9 Å². The van der Waals surface area contributed by atoms with E-state index in [1.54, 1.807) is 11.8 Å². The summed E-state index contributed by atoms with van der Waals surface area (Å²) < 4.78 is 11.6. The van der Waals surface area contributed by atoms with E-state index in [4.69, 9.17) is 9.47 Å². The molecule has 0 bridgehead atoms. The molecular weight excluding hydrogens is 470 g/mol. The first-order valence-electron chi connectivity index (χ1n) is 12.8. The molecule has 8 nitrogen and oxygen atoms in total. The molecule has 0 aliphatic carbocycles. The minimum Gasteiger partial charge on any atom is -0.490 e. The van der Waals surface area contributed by atoms with E-state index >= 15 is 0 Å². The van der Waals surface area contributed by atoms with Crippen LogP contribution in [0.5, 0.6) is 11.5 Å². The Labute approximate surface area is 215 Å². The molecule has 8 heteroatoms. The van der Waals surface area contributed by atoms with Crippen LogP contribution in [0.4, 0.5) is 4.79 Å². The molecule has 1 N–H and O–H groups in total. The number of ether oxygens (including phenoxy) is 2. The van der Waals surface area contributed by atoms with Crippen molar-refractivity contribution in [2.45, 2.75) is 37.8 Å². The molecule has 2 atom stereocenters. The third-order valence-corrected chi connectivity index (χ3v) is 7.63. The van der Waals surface area contributed by atoms with Crippen LogP contribution in [0.3, 0.4) is 0 Å². The molecule has 0 spiro atoms. The molecule has 190 valence electrons. The smallest absolute Gasteiger partial charge is 0.325 e. The van der Waals surface area contributed by atoms with E-state index in [1.807, 2.05) is 60.7 Å². The lowest BCUT2D eigenvalue weighted by Gasteiger charge is -2.28. The molecular formula is C29H29N3O5. The van der Waals surface area contributed by atoms with Crippen molar-refractivity contribution in [2.24, 2.45) is 0 Å². The Morgan fingerprint density at radius 2 is 1.78 bits per heavy atom. The van der Waals surface area contributed by atoms with Gasteiger partial charge < -0.3 is 19.7 Å². The van der Waals surface area contributed by atoms with Gasteiger partial charge in [-0.1, -0.05) is 48.5 Å². The van der Waals surface area contributed by atoms with Gasteiger partial charge in [0.05, 0.1) is 19.3 Å². The van der Waals surface area contributed by atoms with Crippen molar-refractivity contribution in [1.82, 2.24) is 15.1 Å². The molecule has 4 amide bonds. The summed E-state index contributed by atoms with van der Waals surface area (Å²) in [6.45, 7) is 3.18. The number of hydrogen-bond acceptors (Lipinski definition) is 5. The highest BCUT2D eigenvalue weighted by atomic mass is 16.5. The summed E-state index contributed by atoms with van der Waals surface area (Å²) in [5.41, 5.74) is 0.426. The summed E-state index contributed by atoms with van der Waals surface area (Å²) in [5.74, 6) is 0.729. The Balaban J connectivity index is 1.23. The number of carbonyl (C=O) groups is 3. The molecule has 3 aliphatic heterocycles. The summed E-state index contributed by atoms with van der Waals surface area (Å²) in [6, 6.07) is 18.6. The van der Waals surface area contributed by atoms with Crippen LogP contribution in [0.25, 0.3) is 10.8 Å². The van der Waals surface area contributed by atoms with Crippen LogP contribution in [0, 0.1) is 0 Å². The molecule has 6 rings (SSSR count). The molecule has 3 aromatic carbocycles. The van der Waals surface area contributed by atoms with Gasteiger partial charge in [-0.25, -0.2) is 4.79 Å². The average molecular weight is 500 g/mol. The summed E-state index contributed by atoms with van der Waals surface area (Å²) in [4.78, 5) is 42.9. The van der Waals surface area contributed by atoms with Crippen molar-refractivity contribution in [1.29, 1.82) is 0 Å². The summed E-state index contributed by atoms with van der Waals surface area (Å²) >= 11 is 0. The number of amides is 4. The van der Waals surface area contributed by atoms with Crippen LogP contribution >= 0.6 is 0 Å². The predicted molar refractivity (Wildman–Crippen MR) is 137 cm³/mol. The third kappa shape index (κ3) is 3.97. The average Bonchev–Trinajstić information content (AvgIpc) is 3.39. The van der Waals surface area contributed by atoms with Crippen molar-refractivity contribution >= 4 is 28.6 Å². The second-order valence-electron chi connectivity index (χ2n) is 9.97. The van der Waals surface area contributed by atoms with Crippen LogP contribution in [0.1, 0.15) is 43.4 Å². The zero-order valence-corrected chi connectivity index (χ0v) is 20.7. The van der Waals surface area contributed by atoms with Crippen LogP contribution in [0.2, 0.25) is 0 Å². The lowest BCUT2D eigenvalue weighted by atomic mass is 9.88. The Hall–Kier alpha value is -4.07. The zero-order chi connectivity index (χ0) is 25.6. The molecule has 2 fully saturated rings. The van der Waals surface area contributed by atoms with Gasteiger partial charge in [-0.3, -0.25) is 14.5 Å². The van der Waals surface area contributed by atoms with Gasteiger partial charge in [0, 0.05) is 13.0 Å². The van der Waals surface area contributed by atoms with Gasteiger partial charge in [-0.2, -0.15) is 0 Å². The van der Waals surface area contributed by atoms with E-state index in [1.165, 1.54) is 0 Å². The number of hydrogen-bond donors (Lipinski definition) is 1. The molecule has 0 radical (unpaired) electrons. The maximum Gasteiger partial charge on any atom is 0.325 e. The molecule has 0 saturated carbocycles. The first-order chi connectivity index (χ1) is 18.0. The minimum atomic E-state index is -1.25. The van der Waals surface area contributed by atoms with Gasteiger partial charge >= 0.3 is 6.03 Å². The molecule has 37 heavy (non-hydrogen) atoms. The first kappa shape index (κ1) is 23.3. The van der Waals surface area contributed by atoms with Gasteiger partial charge in [0.15, 0.2) is 11.5 Å². The minimum absolute atomic E-state index is 0.144. The Bertz CT molecular complexity index is 1400. The van der Waals surface area contributed by atoms with Crippen LogP contribution in [-0.2, 0) is 15.1 Å². The SMILES string of the molecule is CC1(c2cccc3ccccc23)NC(=O)N(CC(=O)N2CCCC2c2ccc3c(c2)OCCCO3)C1=O. The lowest BCUT2D eigenvalue weighted by molar-refractivity contribution is -0.139. The van der Waals surface area contributed by atoms with Crippen LogP contribution < -0.4 is 14.8 Å². The number of nitrogens with zero attached hydrogens (tertiary/aromatic N) is 2. The van der Waals surface area contributed by atoms with E-state index < -0.39 is 17.5 Å². The highest BCUT2D eigenvalue weighted by Gasteiger charge is 2.50. The van der Waals surface area contributed by atoms with Crippen molar-refractivity contribution in [3.63, 3.8) is 0 Å². The maximum absolute atomic E-state index is 13.6. The standard InChI is InChI=1S/C29H29N3O5/c1-29(22-10-4-8-19-7-2-3-9-21(19)22)27(34)32(28(35)30-29)18-26(33)31-14-5-11-23(31)20-12-13-24-25(17-20)37-16-6-15-36-24/h2-4,7-10,12-13,17,23H,5-6,11,14-16,18H2,1H3,(H,30,35). The normalized spacial score (nSPS) is 23.3. The fourth-order valence-corrected chi connectivity index (χ4v) is 5.71. The highest BCUT2D eigenvalue weighted by molar-refractivity contribution is 6.10. The quantitative estimate of drug-likeness (QED) is 0.546. The number of urea groups is 1. The highest BCUT2D eigenvalue weighted by Crippen LogP contribution is 2.39. The second kappa shape index (κ2) is 9.10. The van der Waals surface area contributed by atoms with E-state index in [0.29, 0.717) is 36.8 Å². The fraction of sp³-hybridized carbons (Fsp3) is 0.345. The topological polar surface area (TPSA) is 88.2 Å². The van der Waals surface area contributed by atoms with E-state index in [9.17, 15) is 14.4 Å². The number of fused-ring (bicyclic) bond motifs is 2. The molecule has 2 saturated heterocycles. The number of benzene rings is 3. The zero-order valence-electron chi connectivity index (χ0n) is 20.7. The molecule has 2 unspecified atom stereocenters. The second-order valence-corrected chi connectivity index (χ2v) is 9.97. The van der Waals surface area contributed by atoms with Crippen molar-refractivity contribution in [2.75, 3.05) is 26.3 Å². The van der Waals surface area contributed by atoms with Gasteiger partial charge in [-0.15, -0.1) is 0 Å².